The van der Waals surface area contributed by atoms with Crippen LogP contribution in [0.15, 0.2) is 30.3 Å². The SMILES string of the molecule is CC(NC(=O)C1CCCN1C(=O)C(Cc1ccccc1)NC(=O)C(N)CCC(N)=O)C(=O)O. The van der Waals surface area contributed by atoms with E-state index in [0.29, 0.717) is 19.4 Å². The van der Waals surface area contributed by atoms with E-state index in [1.165, 1.54) is 11.8 Å². The lowest BCUT2D eigenvalue weighted by atomic mass is 10.0. The van der Waals surface area contributed by atoms with Crippen molar-refractivity contribution in [3.05, 3.63) is 35.9 Å². The lowest BCUT2D eigenvalue weighted by molar-refractivity contribution is -0.144. The van der Waals surface area contributed by atoms with Crippen LogP contribution < -0.4 is 22.1 Å². The topological polar surface area (TPSA) is 185 Å². The zero-order valence-corrected chi connectivity index (χ0v) is 18.5. The van der Waals surface area contributed by atoms with Crippen molar-refractivity contribution in [2.45, 2.75) is 63.2 Å². The molecule has 4 amide bonds. The Morgan fingerprint density at radius 3 is 2.42 bits per heavy atom. The van der Waals surface area contributed by atoms with Crippen LogP contribution >= 0.6 is 0 Å². The number of primary amides is 1. The van der Waals surface area contributed by atoms with E-state index in [1.807, 2.05) is 18.2 Å². The molecular weight excluding hydrogens is 430 g/mol. The van der Waals surface area contributed by atoms with Gasteiger partial charge in [0.1, 0.15) is 18.1 Å². The minimum atomic E-state index is -1.18. The third-order valence-electron chi connectivity index (χ3n) is 5.50. The fraction of sp³-hybridized carbons (Fsp3) is 0.500. The number of aliphatic carboxylic acids is 1. The number of nitrogens with two attached hydrogens (primary N) is 2. The molecule has 11 heteroatoms. The number of amides is 4. The highest BCUT2D eigenvalue weighted by atomic mass is 16.4. The van der Waals surface area contributed by atoms with Crippen molar-refractivity contribution in [2.24, 2.45) is 11.5 Å². The van der Waals surface area contributed by atoms with E-state index in [0.717, 1.165) is 5.56 Å². The zero-order valence-electron chi connectivity index (χ0n) is 18.5. The van der Waals surface area contributed by atoms with E-state index in [2.05, 4.69) is 10.6 Å². The summed E-state index contributed by atoms with van der Waals surface area (Å²) in [7, 11) is 0. The van der Waals surface area contributed by atoms with Gasteiger partial charge in [0.2, 0.25) is 23.6 Å². The van der Waals surface area contributed by atoms with Crippen LogP contribution in [0.3, 0.4) is 0 Å². The van der Waals surface area contributed by atoms with E-state index < -0.39 is 53.8 Å². The smallest absolute Gasteiger partial charge is 0.325 e. The highest BCUT2D eigenvalue weighted by molar-refractivity contribution is 5.94. The summed E-state index contributed by atoms with van der Waals surface area (Å²) in [6.45, 7) is 1.64. The van der Waals surface area contributed by atoms with Crippen molar-refractivity contribution in [3.63, 3.8) is 0 Å². The van der Waals surface area contributed by atoms with Crippen LogP contribution in [0.2, 0.25) is 0 Å². The summed E-state index contributed by atoms with van der Waals surface area (Å²) >= 11 is 0. The largest absolute Gasteiger partial charge is 0.480 e. The van der Waals surface area contributed by atoms with E-state index in [-0.39, 0.29) is 19.3 Å². The maximum Gasteiger partial charge on any atom is 0.325 e. The van der Waals surface area contributed by atoms with Gasteiger partial charge in [-0.15, -0.1) is 0 Å². The lowest BCUT2D eigenvalue weighted by Crippen LogP contribution is -2.57. The molecule has 4 unspecified atom stereocenters. The minimum Gasteiger partial charge on any atom is -0.480 e. The number of carbonyl (C=O) groups is 5. The first-order valence-electron chi connectivity index (χ1n) is 10.8. The van der Waals surface area contributed by atoms with E-state index >= 15 is 0 Å². The third-order valence-corrected chi connectivity index (χ3v) is 5.50. The minimum absolute atomic E-state index is 0.0369. The summed E-state index contributed by atoms with van der Waals surface area (Å²) < 4.78 is 0. The molecule has 1 aliphatic heterocycles. The first kappa shape index (κ1) is 25.8. The van der Waals surface area contributed by atoms with Gasteiger partial charge in [0.15, 0.2) is 0 Å². The van der Waals surface area contributed by atoms with Crippen molar-refractivity contribution in [1.29, 1.82) is 0 Å². The van der Waals surface area contributed by atoms with Gasteiger partial charge in [-0.1, -0.05) is 30.3 Å². The van der Waals surface area contributed by atoms with Gasteiger partial charge < -0.3 is 32.1 Å². The maximum absolute atomic E-state index is 13.4. The Kier molecular flexibility index (Phi) is 9.34. The normalized spacial score (nSPS) is 18.1. The van der Waals surface area contributed by atoms with Crippen LogP contribution in [0.5, 0.6) is 0 Å². The molecule has 1 aromatic rings. The number of nitrogens with zero attached hydrogens (tertiary/aromatic N) is 1. The summed E-state index contributed by atoms with van der Waals surface area (Å²) in [6, 6.07) is 5.08. The first-order chi connectivity index (χ1) is 15.6. The zero-order chi connectivity index (χ0) is 24.5. The molecule has 7 N–H and O–H groups in total. The molecule has 0 radical (unpaired) electrons. The second kappa shape index (κ2) is 12.0. The first-order valence-corrected chi connectivity index (χ1v) is 10.8. The standard InChI is InChI=1S/C22H31N5O6/c1-13(22(32)33)25-20(30)17-8-5-11-27(17)21(31)16(12-14-6-3-2-4-7-14)26-19(29)15(23)9-10-18(24)28/h2-4,6-7,13,15-17H,5,8-12,23H2,1H3,(H2,24,28)(H,25,30)(H,26,29)(H,32,33). The Bertz CT molecular complexity index is 877. The van der Waals surface area contributed by atoms with Crippen molar-refractivity contribution in [3.8, 4) is 0 Å². The lowest BCUT2D eigenvalue weighted by Gasteiger charge is -2.29. The number of carboxylic acid groups (broad SMARTS) is 1. The van der Waals surface area contributed by atoms with Crippen LogP contribution in [-0.2, 0) is 30.4 Å². The molecule has 0 spiro atoms. The average molecular weight is 462 g/mol. The average Bonchev–Trinajstić information content (AvgIpc) is 3.27. The Labute approximate surface area is 191 Å². The number of likely N-dealkylation sites (tertiary alicyclic amines) is 1. The van der Waals surface area contributed by atoms with Gasteiger partial charge >= 0.3 is 5.97 Å². The molecule has 1 aromatic carbocycles. The third kappa shape index (κ3) is 7.56. The van der Waals surface area contributed by atoms with Crippen molar-refractivity contribution in [2.75, 3.05) is 6.54 Å². The van der Waals surface area contributed by atoms with Gasteiger partial charge in [-0.25, -0.2) is 0 Å². The van der Waals surface area contributed by atoms with Gasteiger partial charge in [0, 0.05) is 19.4 Å². The molecule has 0 aromatic heterocycles. The van der Waals surface area contributed by atoms with Crippen LogP contribution in [0.4, 0.5) is 0 Å². The number of benzene rings is 1. The Morgan fingerprint density at radius 2 is 1.82 bits per heavy atom. The molecule has 1 saturated heterocycles. The number of carbonyl (C=O) groups excluding carboxylic acids is 4. The summed E-state index contributed by atoms with van der Waals surface area (Å²) in [5.41, 5.74) is 11.8. The molecule has 2 rings (SSSR count). The predicted molar refractivity (Wildman–Crippen MR) is 118 cm³/mol. The van der Waals surface area contributed by atoms with Crippen LogP contribution in [-0.4, -0.2) is 70.3 Å². The quantitative estimate of drug-likeness (QED) is 0.276. The number of nitrogens with one attached hydrogen (secondary N) is 2. The van der Waals surface area contributed by atoms with E-state index in [4.69, 9.17) is 16.6 Å². The molecule has 33 heavy (non-hydrogen) atoms. The van der Waals surface area contributed by atoms with Crippen LogP contribution in [0.25, 0.3) is 0 Å². The van der Waals surface area contributed by atoms with Crippen molar-refractivity contribution >= 4 is 29.6 Å². The van der Waals surface area contributed by atoms with E-state index in [9.17, 15) is 24.0 Å². The van der Waals surface area contributed by atoms with Gasteiger partial charge in [0.25, 0.3) is 0 Å². The molecular formula is C22H31N5O6. The fourth-order valence-corrected chi connectivity index (χ4v) is 3.63. The fourth-order valence-electron chi connectivity index (χ4n) is 3.63. The summed E-state index contributed by atoms with van der Waals surface area (Å²) in [5, 5.41) is 14.1. The molecule has 0 saturated carbocycles. The highest BCUT2D eigenvalue weighted by Gasteiger charge is 2.38. The molecule has 180 valence electrons. The Balaban J connectivity index is 2.17. The monoisotopic (exact) mass is 461 g/mol. The van der Waals surface area contributed by atoms with E-state index in [1.54, 1.807) is 12.1 Å². The van der Waals surface area contributed by atoms with Crippen molar-refractivity contribution in [1.82, 2.24) is 15.5 Å². The van der Waals surface area contributed by atoms with Crippen LogP contribution in [0.1, 0.15) is 38.2 Å². The summed E-state index contributed by atoms with van der Waals surface area (Å²) in [6.07, 6.45) is 1.09. The molecule has 11 nitrogen and oxygen atoms in total. The molecule has 0 bridgehead atoms. The molecule has 1 fully saturated rings. The Hall–Kier alpha value is -3.47. The number of hydrogen-bond acceptors (Lipinski definition) is 6. The summed E-state index contributed by atoms with van der Waals surface area (Å²) in [5.74, 6) is -3.39. The van der Waals surface area contributed by atoms with Crippen LogP contribution in [0, 0.1) is 0 Å². The number of carboxylic acids is 1. The van der Waals surface area contributed by atoms with Gasteiger partial charge in [-0.05, 0) is 31.7 Å². The number of hydrogen-bond donors (Lipinski definition) is 5. The number of rotatable bonds is 11. The maximum atomic E-state index is 13.4. The molecule has 0 aliphatic carbocycles. The van der Waals surface area contributed by atoms with Gasteiger partial charge in [-0.3, -0.25) is 24.0 Å². The second-order valence-corrected chi connectivity index (χ2v) is 8.12. The van der Waals surface area contributed by atoms with Crippen molar-refractivity contribution < 1.29 is 29.1 Å². The highest BCUT2D eigenvalue weighted by Crippen LogP contribution is 2.20. The van der Waals surface area contributed by atoms with Gasteiger partial charge in [0.05, 0.1) is 6.04 Å². The second-order valence-electron chi connectivity index (χ2n) is 8.12. The molecule has 1 aliphatic rings. The Morgan fingerprint density at radius 1 is 1.15 bits per heavy atom. The summed E-state index contributed by atoms with van der Waals surface area (Å²) in [4.78, 5) is 62.1. The molecule has 4 atom stereocenters. The predicted octanol–water partition coefficient (Wildman–Crippen LogP) is -1.11. The molecule has 1 heterocycles. The van der Waals surface area contributed by atoms with Gasteiger partial charge in [-0.2, -0.15) is 0 Å².